The minimum absolute atomic E-state index is 1.09. The van der Waals surface area contributed by atoms with E-state index in [9.17, 15) is 0 Å². The second kappa shape index (κ2) is 11.9. The molecular formula is C51H34N2S2. The van der Waals surface area contributed by atoms with Gasteiger partial charge in [0.2, 0.25) is 0 Å². The molecule has 2 nitrogen and oxygen atoms in total. The van der Waals surface area contributed by atoms with E-state index in [1.54, 1.807) is 0 Å². The van der Waals surface area contributed by atoms with Gasteiger partial charge >= 0.3 is 0 Å². The van der Waals surface area contributed by atoms with Crippen LogP contribution in [0.2, 0.25) is 0 Å². The molecule has 55 heavy (non-hydrogen) atoms. The first-order valence-electron chi connectivity index (χ1n) is 19.1. The summed E-state index contributed by atoms with van der Waals surface area (Å²) in [5.74, 6) is 0. The molecule has 0 aliphatic carbocycles. The fraction of sp³-hybridized carbons (Fsp3) is 0.0588. The molecule has 4 heteroatoms. The standard InChI is InChI=1S/C51H34N2S2/c1-2-9-31-16-25-45-39(26-31)41-30-51-43(38-12-5-8-15-49(38)55-51)28-47(41)53(45)35-23-19-33(20-24-35)32-17-21-34(22-18-32)52-44-13-6-3-10-36(44)40-29-50-42(27-46(40)52)37-11-4-7-14-48(37)54-50/h3-8,10-30H,2,9H2,1H3. The number of rotatable bonds is 5. The van der Waals surface area contributed by atoms with Gasteiger partial charge < -0.3 is 9.13 Å². The van der Waals surface area contributed by atoms with Crippen LogP contribution in [-0.2, 0) is 6.42 Å². The van der Waals surface area contributed by atoms with E-state index in [2.05, 4.69) is 180 Å². The lowest BCUT2D eigenvalue weighted by atomic mass is 10.0. The number of hydrogen-bond donors (Lipinski definition) is 0. The molecule has 12 rings (SSSR count). The van der Waals surface area contributed by atoms with Crippen LogP contribution in [0.15, 0.2) is 164 Å². The van der Waals surface area contributed by atoms with Gasteiger partial charge in [-0.2, -0.15) is 0 Å². The Bertz CT molecular complexity index is 3480. The van der Waals surface area contributed by atoms with Gasteiger partial charge in [-0.3, -0.25) is 0 Å². The third-order valence-corrected chi connectivity index (χ3v) is 13.9. The normalized spacial score (nSPS) is 12.2. The zero-order valence-corrected chi connectivity index (χ0v) is 31.8. The molecule has 0 unspecified atom stereocenters. The zero-order chi connectivity index (χ0) is 36.2. The average Bonchev–Trinajstić information content (AvgIpc) is 3.97. The van der Waals surface area contributed by atoms with Crippen LogP contribution in [0.1, 0.15) is 18.9 Å². The molecule has 0 spiro atoms. The van der Waals surface area contributed by atoms with Crippen LogP contribution < -0.4 is 0 Å². The maximum Gasteiger partial charge on any atom is 0.0548 e. The van der Waals surface area contributed by atoms with Crippen molar-refractivity contribution in [3.05, 3.63) is 169 Å². The van der Waals surface area contributed by atoms with Crippen molar-refractivity contribution in [3.8, 4) is 22.5 Å². The molecule has 0 amide bonds. The summed E-state index contributed by atoms with van der Waals surface area (Å²) < 4.78 is 10.3. The second-order valence-electron chi connectivity index (χ2n) is 14.8. The highest BCUT2D eigenvalue weighted by Crippen LogP contribution is 2.43. The predicted octanol–water partition coefficient (Wildman–Crippen LogP) is 15.2. The maximum absolute atomic E-state index is 2.47. The molecule has 0 bridgehead atoms. The van der Waals surface area contributed by atoms with Crippen molar-refractivity contribution in [2.24, 2.45) is 0 Å². The summed E-state index contributed by atoms with van der Waals surface area (Å²) in [6.07, 6.45) is 2.23. The third-order valence-electron chi connectivity index (χ3n) is 11.6. The summed E-state index contributed by atoms with van der Waals surface area (Å²) in [5.41, 5.74) is 11.2. The molecule has 0 N–H and O–H groups in total. The smallest absolute Gasteiger partial charge is 0.0548 e. The van der Waals surface area contributed by atoms with Crippen molar-refractivity contribution < 1.29 is 0 Å². The van der Waals surface area contributed by atoms with Crippen molar-refractivity contribution in [2.75, 3.05) is 0 Å². The Labute approximate surface area is 325 Å². The summed E-state index contributed by atoms with van der Waals surface area (Å²) in [4.78, 5) is 0. The maximum atomic E-state index is 2.47. The molecule has 0 saturated carbocycles. The van der Waals surface area contributed by atoms with Crippen LogP contribution in [-0.4, -0.2) is 9.13 Å². The Morgan fingerprint density at radius 3 is 1.40 bits per heavy atom. The Kier molecular flexibility index (Phi) is 6.75. The fourth-order valence-corrected chi connectivity index (χ4v) is 11.3. The lowest BCUT2D eigenvalue weighted by Gasteiger charge is -2.11. The highest BCUT2D eigenvalue weighted by atomic mass is 32.1. The van der Waals surface area contributed by atoms with E-state index in [0.717, 1.165) is 12.8 Å². The summed E-state index contributed by atoms with van der Waals surface area (Å²) >= 11 is 3.78. The molecule has 0 saturated heterocycles. The van der Waals surface area contributed by atoms with Crippen molar-refractivity contribution in [3.63, 3.8) is 0 Å². The van der Waals surface area contributed by atoms with Crippen molar-refractivity contribution in [1.29, 1.82) is 0 Å². The molecule has 0 atom stereocenters. The molecule has 0 aliphatic rings. The van der Waals surface area contributed by atoms with E-state index in [-0.39, 0.29) is 0 Å². The number of fused-ring (bicyclic) bond motifs is 12. The highest BCUT2D eigenvalue weighted by Gasteiger charge is 2.18. The monoisotopic (exact) mass is 738 g/mol. The van der Waals surface area contributed by atoms with Crippen LogP contribution in [0.25, 0.3) is 106 Å². The predicted molar refractivity (Wildman–Crippen MR) is 240 cm³/mol. The first-order chi connectivity index (χ1) is 27.2. The van der Waals surface area contributed by atoms with E-state index in [0.29, 0.717) is 0 Å². The number of thiophene rings is 2. The molecule has 4 heterocycles. The number of benzene rings is 8. The van der Waals surface area contributed by atoms with Gasteiger partial charge in [0, 0.05) is 73.3 Å². The summed E-state index contributed by atoms with van der Waals surface area (Å²) in [7, 11) is 0. The average molecular weight is 739 g/mol. The summed E-state index contributed by atoms with van der Waals surface area (Å²) in [5, 5.41) is 10.6. The van der Waals surface area contributed by atoms with E-state index in [1.807, 2.05) is 22.7 Å². The minimum atomic E-state index is 1.09. The molecule has 0 aliphatic heterocycles. The lowest BCUT2D eigenvalue weighted by Crippen LogP contribution is -1.95. The van der Waals surface area contributed by atoms with Gasteiger partial charge in [0.25, 0.3) is 0 Å². The quantitative estimate of drug-likeness (QED) is 0.166. The highest BCUT2D eigenvalue weighted by molar-refractivity contribution is 7.26. The Balaban J connectivity index is 0.967. The molecule has 4 aromatic heterocycles. The molecule has 8 aromatic carbocycles. The van der Waals surface area contributed by atoms with Gasteiger partial charge in [0.1, 0.15) is 0 Å². The molecule has 260 valence electrons. The molecular weight excluding hydrogens is 705 g/mol. The Hall–Kier alpha value is -6.20. The molecule has 0 radical (unpaired) electrons. The number of hydrogen-bond acceptors (Lipinski definition) is 2. The van der Waals surface area contributed by atoms with E-state index in [4.69, 9.17) is 0 Å². The second-order valence-corrected chi connectivity index (χ2v) is 17.0. The lowest BCUT2D eigenvalue weighted by molar-refractivity contribution is 0.923. The van der Waals surface area contributed by atoms with Crippen LogP contribution >= 0.6 is 22.7 Å². The van der Waals surface area contributed by atoms with Gasteiger partial charge in [0.15, 0.2) is 0 Å². The first kappa shape index (κ1) is 31.2. The Morgan fingerprint density at radius 1 is 0.364 bits per heavy atom. The van der Waals surface area contributed by atoms with E-state index >= 15 is 0 Å². The van der Waals surface area contributed by atoms with E-state index in [1.165, 1.54) is 112 Å². The van der Waals surface area contributed by atoms with Crippen molar-refractivity contribution in [1.82, 2.24) is 9.13 Å². The van der Waals surface area contributed by atoms with Gasteiger partial charge in [-0.1, -0.05) is 98.3 Å². The van der Waals surface area contributed by atoms with Crippen LogP contribution in [0.5, 0.6) is 0 Å². The number of aryl methyl sites for hydroxylation is 1. The molecule has 12 aromatic rings. The van der Waals surface area contributed by atoms with Gasteiger partial charge in [0.05, 0.1) is 22.1 Å². The van der Waals surface area contributed by atoms with Crippen molar-refractivity contribution >= 4 is 107 Å². The first-order valence-corrected chi connectivity index (χ1v) is 20.8. The third kappa shape index (κ3) is 4.65. The Morgan fingerprint density at radius 2 is 0.836 bits per heavy atom. The van der Waals surface area contributed by atoms with E-state index < -0.39 is 0 Å². The number of aromatic nitrogens is 2. The molecule has 0 fully saturated rings. The summed E-state index contributed by atoms with van der Waals surface area (Å²) in [6.45, 7) is 2.26. The number of nitrogens with zero attached hydrogens (tertiary/aromatic N) is 2. The SMILES string of the molecule is CCCc1ccc2c(c1)c1cc3sc4ccccc4c3cc1n2-c1ccc(-c2ccc(-n3c4ccccc4c4cc5sc6ccccc6c5cc43)cc2)cc1. The van der Waals surface area contributed by atoms with Crippen LogP contribution in [0.4, 0.5) is 0 Å². The number of para-hydroxylation sites is 1. The van der Waals surface area contributed by atoms with Crippen molar-refractivity contribution in [2.45, 2.75) is 19.8 Å². The van der Waals surface area contributed by atoms with Gasteiger partial charge in [-0.15, -0.1) is 22.7 Å². The largest absolute Gasteiger partial charge is 0.309 e. The minimum Gasteiger partial charge on any atom is -0.309 e. The van der Waals surface area contributed by atoms with Gasteiger partial charge in [-0.05, 0) is 102 Å². The fourth-order valence-electron chi connectivity index (χ4n) is 9.08. The van der Waals surface area contributed by atoms with Gasteiger partial charge in [-0.25, -0.2) is 0 Å². The van der Waals surface area contributed by atoms with Crippen LogP contribution in [0.3, 0.4) is 0 Å². The summed E-state index contributed by atoms with van der Waals surface area (Å²) in [6, 6.07) is 61.4. The van der Waals surface area contributed by atoms with Crippen LogP contribution in [0, 0.1) is 0 Å². The topological polar surface area (TPSA) is 9.86 Å². The zero-order valence-electron chi connectivity index (χ0n) is 30.2.